The molecule has 2 heterocycles. The van der Waals surface area contributed by atoms with E-state index in [2.05, 4.69) is 32.5 Å². The molecule has 7 nitrogen and oxygen atoms in total. The van der Waals surface area contributed by atoms with Crippen LogP contribution in [0.3, 0.4) is 0 Å². The van der Waals surface area contributed by atoms with Crippen molar-refractivity contribution in [2.24, 2.45) is 0 Å². The lowest BCUT2D eigenvalue weighted by Crippen LogP contribution is -2.12. The summed E-state index contributed by atoms with van der Waals surface area (Å²) in [7, 11) is 0. The van der Waals surface area contributed by atoms with Crippen LogP contribution < -0.4 is 16.4 Å². The number of hydrogen-bond acceptors (Lipinski definition) is 6. The second-order valence-corrected chi connectivity index (χ2v) is 4.85. The predicted molar refractivity (Wildman–Crippen MR) is 85.2 cm³/mol. The molecule has 0 radical (unpaired) electrons. The summed E-state index contributed by atoms with van der Waals surface area (Å²) in [6.45, 7) is 4.74. The molecular formula is C14H23N7. The lowest BCUT2D eigenvalue weighted by Gasteiger charge is -2.12. The molecule has 0 aliphatic heterocycles. The number of nitrogens with one attached hydrogen (secondary N) is 2. The summed E-state index contributed by atoms with van der Waals surface area (Å²) in [5.74, 6) is 1.39. The molecule has 2 aromatic rings. The Morgan fingerprint density at radius 3 is 2.48 bits per heavy atom. The van der Waals surface area contributed by atoms with E-state index in [-0.39, 0.29) is 0 Å². The standard InChI is InChI=1S/C14H23N7/c1-2-3-5-17-13-12(15)14(20-10-19-13)18-6-4-8-21-9-7-16-11-21/h7,9-11H,2-6,8,15H2,1H3,(H2,17,18,19,20). The molecule has 0 saturated carbocycles. The lowest BCUT2D eigenvalue weighted by molar-refractivity contribution is 0.660. The Kier molecular flexibility index (Phi) is 5.81. The summed E-state index contributed by atoms with van der Waals surface area (Å²) < 4.78 is 2.04. The van der Waals surface area contributed by atoms with Gasteiger partial charge in [-0.05, 0) is 12.8 Å². The number of rotatable bonds is 9. The van der Waals surface area contributed by atoms with Gasteiger partial charge in [0.25, 0.3) is 0 Å². The van der Waals surface area contributed by atoms with Crippen LogP contribution in [-0.4, -0.2) is 32.6 Å². The fourth-order valence-corrected chi connectivity index (χ4v) is 1.95. The monoisotopic (exact) mass is 289 g/mol. The van der Waals surface area contributed by atoms with Gasteiger partial charge in [0.05, 0.1) is 6.33 Å². The quantitative estimate of drug-likeness (QED) is 0.611. The minimum absolute atomic E-state index is 0.580. The molecule has 7 heteroatoms. The van der Waals surface area contributed by atoms with Crippen molar-refractivity contribution in [1.29, 1.82) is 0 Å². The first kappa shape index (κ1) is 15.1. The first-order chi connectivity index (χ1) is 10.3. The topological polar surface area (TPSA) is 93.7 Å². The molecule has 0 aliphatic rings. The van der Waals surface area contributed by atoms with Crippen molar-refractivity contribution in [2.45, 2.75) is 32.7 Å². The van der Waals surface area contributed by atoms with E-state index in [0.29, 0.717) is 17.3 Å². The first-order valence-corrected chi connectivity index (χ1v) is 7.35. The molecule has 21 heavy (non-hydrogen) atoms. The van der Waals surface area contributed by atoms with Gasteiger partial charge in [-0.3, -0.25) is 0 Å². The van der Waals surface area contributed by atoms with Gasteiger partial charge in [-0.1, -0.05) is 13.3 Å². The van der Waals surface area contributed by atoms with Crippen LogP contribution in [0.2, 0.25) is 0 Å². The third-order valence-electron chi connectivity index (χ3n) is 3.15. The van der Waals surface area contributed by atoms with Gasteiger partial charge in [0.2, 0.25) is 0 Å². The second-order valence-electron chi connectivity index (χ2n) is 4.85. The van der Waals surface area contributed by atoms with Crippen molar-refractivity contribution in [1.82, 2.24) is 19.5 Å². The number of nitrogens with zero attached hydrogens (tertiary/aromatic N) is 4. The highest BCUT2D eigenvalue weighted by Gasteiger charge is 2.06. The number of aryl methyl sites for hydroxylation is 1. The average molecular weight is 289 g/mol. The maximum atomic E-state index is 6.08. The summed E-state index contributed by atoms with van der Waals surface area (Å²) in [5.41, 5.74) is 6.66. The minimum atomic E-state index is 0.580. The number of anilines is 3. The van der Waals surface area contributed by atoms with Crippen molar-refractivity contribution < 1.29 is 0 Å². The van der Waals surface area contributed by atoms with E-state index in [1.165, 1.54) is 6.33 Å². The maximum Gasteiger partial charge on any atom is 0.154 e. The Hall–Kier alpha value is -2.31. The zero-order valence-electron chi connectivity index (χ0n) is 12.4. The highest BCUT2D eigenvalue weighted by molar-refractivity contribution is 5.73. The third-order valence-corrected chi connectivity index (χ3v) is 3.15. The van der Waals surface area contributed by atoms with E-state index < -0.39 is 0 Å². The molecule has 0 fully saturated rings. The molecule has 2 rings (SSSR count). The molecule has 0 aromatic carbocycles. The second kappa shape index (κ2) is 8.08. The van der Waals surface area contributed by atoms with E-state index in [4.69, 9.17) is 5.73 Å². The minimum Gasteiger partial charge on any atom is -0.393 e. The first-order valence-electron chi connectivity index (χ1n) is 7.35. The maximum absolute atomic E-state index is 6.08. The molecule has 114 valence electrons. The fourth-order valence-electron chi connectivity index (χ4n) is 1.95. The lowest BCUT2D eigenvalue weighted by atomic mass is 10.3. The molecule has 0 aliphatic carbocycles. The zero-order valence-corrected chi connectivity index (χ0v) is 12.4. The smallest absolute Gasteiger partial charge is 0.154 e. The highest BCUT2D eigenvalue weighted by atomic mass is 15.1. The van der Waals surface area contributed by atoms with Gasteiger partial charge < -0.3 is 20.9 Å². The summed E-state index contributed by atoms with van der Waals surface area (Å²) in [4.78, 5) is 12.4. The van der Waals surface area contributed by atoms with Gasteiger partial charge in [0, 0.05) is 32.0 Å². The van der Waals surface area contributed by atoms with Crippen LogP contribution in [0.1, 0.15) is 26.2 Å². The average Bonchev–Trinajstić information content (AvgIpc) is 3.00. The molecule has 0 bridgehead atoms. The number of aromatic nitrogens is 4. The van der Waals surface area contributed by atoms with E-state index >= 15 is 0 Å². The van der Waals surface area contributed by atoms with Gasteiger partial charge in [0.1, 0.15) is 12.0 Å². The highest BCUT2D eigenvalue weighted by Crippen LogP contribution is 2.22. The molecule has 4 N–H and O–H groups in total. The van der Waals surface area contributed by atoms with Crippen LogP contribution in [0.4, 0.5) is 17.3 Å². The Labute approximate surface area is 125 Å². The normalized spacial score (nSPS) is 10.5. The molecule has 2 aromatic heterocycles. The van der Waals surface area contributed by atoms with E-state index in [1.54, 1.807) is 6.20 Å². The van der Waals surface area contributed by atoms with Gasteiger partial charge in [0.15, 0.2) is 11.6 Å². The number of hydrogen-bond donors (Lipinski definition) is 3. The van der Waals surface area contributed by atoms with Crippen molar-refractivity contribution >= 4 is 17.3 Å². The van der Waals surface area contributed by atoms with Crippen molar-refractivity contribution in [3.63, 3.8) is 0 Å². The van der Waals surface area contributed by atoms with Crippen LogP contribution >= 0.6 is 0 Å². The van der Waals surface area contributed by atoms with E-state index in [0.717, 1.165) is 38.9 Å². The summed E-state index contributed by atoms with van der Waals surface area (Å²) >= 11 is 0. The van der Waals surface area contributed by atoms with Crippen LogP contribution in [-0.2, 0) is 6.54 Å². The number of imidazole rings is 1. The predicted octanol–water partition coefficient (Wildman–Crippen LogP) is 1.97. The van der Waals surface area contributed by atoms with Gasteiger partial charge in [-0.2, -0.15) is 0 Å². The van der Waals surface area contributed by atoms with Crippen LogP contribution in [0.5, 0.6) is 0 Å². The molecule has 0 atom stereocenters. The van der Waals surface area contributed by atoms with Crippen LogP contribution in [0.25, 0.3) is 0 Å². The molecule has 0 unspecified atom stereocenters. The van der Waals surface area contributed by atoms with Crippen LogP contribution in [0.15, 0.2) is 25.0 Å². The molecule has 0 saturated heterocycles. The van der Waals surface area contributed by atoms with Crippen molar-refractivity contribution in [3.05, 3.63) is 25.0 Å². The van der Waals surface area contributed by atoms with Crippen molar-refractivity contribution in [3.8, 4) is 0 Å². The summed E-state index contributed by atoms with van der Waals surface area (Å²) in [6.07, 6.45) is 10.3. The SMILES string of the molecule is CCCCNc1ncnc(NCCCn2ccnc2)c1N. The van der Waals surface area contributed by atoms with Crippen molar-refractivity contribution in [2.75, 3.05) is 29.5 Å². The van der Waals surface area contributed by atoms with Crippen LogP contribution in [0, 0.1) is 0 Å². The fraction of sp³-hybridized carbons (Fsp3) is 0.500. The molecule has 0 amide bonds. The van der Waals surface area contributed by atoms with Gasteiger partial charge >= 0.3 is 0 Å². The Balaban J connectivity index is 1.80. The van der Waals surface area contributed by atoms with Gasteiger partial charge in [-0.15, -0.1) is 0 Å². The van der Waals surface area contributed by atoms with Gasteiger partial charge in [-0.25, -0.2) is 15.0 Å². The largest absolute Gasteiger partial charge is 0.393 e. The number of nitrogen functional groups attached to an aromatic ring is 1. The number of nitrogens with two attached hydrogens (primary N) is 1. The Morgan fingerprint density at radius 1 is 1.14 bits per heavy atom. The third kappa shape index (κ3) is 4.62. The number of unbranched alkanes of at least 4 members (excludes halogenated alkanes) is 1. The molecule has 0 spiro atoms. The zero-order chi connectivity index (χ0) is 14.9. The Bertz CT molecular complexity index is 524. The molecular weight excluding hydrogens is 266 g/mol. The summed E-state index contributed by atoms with van der Waals surface area (Å²) in [6, 6.07) is 0. The van der Waals surface area contributed by atoms with E-state index in [9.17, 15) is 0 Å². The Morgan fingerprint density at radius 2 is 1.86 bits per heavy atom. The summed E-state index contributed by atoms with van der Waals surface area (Å²) in [5, 5.41) is 6.49. The van der Waals surface area contributed by atoms with E-state index in [1.807, 2.05) is 17.1 Å².